The standard InChI is InChI=1S/C21H24N4O3/c22-12-16-4-3-11-24(16)19(26)13-23-14-7-9-15(10-8-14)25-20(27)17-5-1-2-6-18(17)21(25)28/h1-2,5-6,14-16,23H,3-4,7-11,13H2/t14?,15?,16-/m0/s1. The van der Waals surface area contributed by atoms with Crippen molar-refractivity contribution in [1.82, 2.24) is 15.1 Å². The highest BCUT2D eigenvalue weighted by Gasteiger charge is 2.41. The van der Waals surface area contributed by atoms with Gasteiger partial charge in [-0.05, 0) is 50.7 Å². The van der Waals surface area contributed by atoms with E-state index in [1.807, 2.05) is 0 Å². The first-order valence-corrected chi connectivity index (χ1v) is 9.99. The van der Waals surface area contributed by atoms with Gasteiger partial charge in [-0.3, -0.25) is 19.3 Å². The monoisotopic (exact) mass is 380 g/mol. The lowest BCUT2D eigenvalue weighted by Gasteiger charge is -2.34. The zero-order valence-electron chi connectivity index (χ0n) is 15.8. The van der Waals surface area contributed by atoms with Crippen LogP contribution < -0.4 is 5.32 Å². The maximum Gasteiger partial charge on any atom is 0.261 e. The first-order valence-electron chi connectivity index (χ1n) is 9.99. The topological polar surface area (TPSA) is 93.5 Å². The number of amides is 3. The molecule has 1 aliphatic carbocycles. The van der Waals surface area contributed by atoms with E-state index in [1.54, 1.807) is 29.2 Å². The third kappa shape index (κ3) is 3.29. The molecule has 1 saturated carbocycles. The summed E-state index contributed by atoms with van der Waals surface area (Å²) in [6.07, 6.45) is 4.74. The number of hydrogen-bond donors (Lipinski definition) is 1. The predicted octanol–water partition coefficient (Wildman–Crippen LogP) is 1.70. The van der Waals surface area contributed by atoms with Crippen LogP contribution in [0.15, 0.2) is 24.3 Å². The van der Waals surface area contributed by atoms with Crippen LogP contribution in [-0.2, 0) is 4.79 Å². The quantitative estimate of drug-likeness (QED) is 0.803. The zero-order valence-corrected chi connectivity index (χ0v) is 15.8. The Morgan fingerprint density at radius 1 is 1.07 bits per heavy atom. The summed E-state index contributed by atoms with van der Waals surface area (Å²) in [5, 5.41) is 12.4. The van der Waals surface area contributed by atoms with Gasteiger partial charge in [-0.1, -0.05) is 12.1 Å². The number of carbonyl (C=O) groups excluding carboxylic acids is 3. The van der Waals surface area contributed by atoms with E-state index in [0.29, 0.717) is 17.7 Å². The van der Waals surface area contributed by atoms with E-state index in [2.05, 4.69) is 11.4 Å². The molecule has 0 unspecified atom stereocenters. The van der Waals surface area contributed by atoms with Crippen LogP contribution in [0.2, 0.25) is 0 Å². The number of nitrogens with one attached hydrogen (secondary N) is 1. The van der Waals surface area contributed by atoms with Gasteiger partial charge >= 0.3 is 0 Å². The van der Waals surface area contributed by atoms with Crippen molar-refractivity contribution in [1.29, 1.82) is 5.26 Å². The molecule has 146 valence electrons. The first-order chi connectivity index (χ1) is 13.6. The maximum absolute atomic E-state index is 12.6. The SMILES string of the molecule is N#C[C@@H]1CCCN1C(=O)CNC1CCC(N2C(=O)c3ccccc3C2=O)CC1. The molecule has 3 aliphatic rings. The van der Waals surface area contributed by atoms with Gasteiger partial charge in [0, 0.05) is 18.6 Å². The van der Waals surface area contributed by atoms with E-state index in [9.17, 15) is 14.4 Å². The maximum atomic E-state index is 12.6. The number of imide groups is 1. The van der Waals surface area contributed by atoms with Crippen molar-refractivity contribution >= 4 is 17.7 Å². The largest absolute Gasteiger partial charge is 0.326 e. The van der Waals surface area contributed by atoms with Gasteiger partial charge in [0.15, 0.2) is 0 Å². The van der Waals surface area contributed by atoms with Crippen LogP contribution in [0.25, 0.3) is 0 Å². The summed E-state index contributed by atoms with van der Waals surface area (Å²) in [5.41, 5.74) is 0.993. The molecule has 1 aromatic carbocycles. The van der Waals surface area contributed by atoms with E-state index in [4.69, 9.17) is 5.26 Å². The highest BCUT2D eigenvalue weighted by atomic mass is 16.2. The van der Waals surface area contributed by atoms with Gasteiger partial charge in [-0.15, -0.1) is 0 Å². The summed E-state index contributed by atoms with van der Waals surface area (Å²) >= 11 is 0. The summed E-state index contributed by atoms with van der Waals surface area (Å²) in [6.45, 7) is 0.895. The minimum atomic E-state index is -0.293. The molecule has 1 aromatic rings. The third-order valence-electron chi connectivity index (χ3n) is 6.15. The van der Waals surface area contributed by atoms with Crippen LogP contribution in [0, 0.1) is 11.3 Å². The van der Waals surface area contributed by atoms with Crippen molar-refractivity contribution in [3.05, 3.63) is 35.4 Å². The summed E-state index contributed by atoms with van der Waals surface area (Å²) in [4.78, 5) is 40.7. The molecule has 1 atom stereocenters. The van der Waals surface area contributed by atoms with Gasteiger partial charge in [0.05, 0.1) is 23.7 Å². The molecule has 7 nitrogen and oxygen atoms in total. The summed E-state index contributed by atoms with van der Waals surface area (Å²) in [7, 11) is 0. The molecule has 0 spiro atoms. The second kappa shape index (κ2) is 7.72. The number of nitrogens with zero attached hydrogens (tertiary/aromatic N) is 3. The highest BCUT2D eigenvalue weighted by molar-refractivity contribution is 6.21. The summed E-state index contributed by atoms with van der Waals surface area (Å²) in [6, 6.07) is 8.99. The first kappa shape index (κ1) is 18.6. The van der Waals surface area contributed by atoms with Gasteiger partial charge in [0.2, 0.25) is 5.91 Å². The van der Waals surface area contributed by atoms with Crippen molar-refractivity contribution in [2.75, 3.05) is 13.1 Å². The highest BCUT2D eigenvalue weighted by Crippen LogP contribution is 2.31. The fourth-order valence-corrected chi connectivity index (χ4v) is 4.61. The second-order valence-electron chi connectivity index (χ2n) is 7.79. The molecule has 2 aliphatic heterocycles. The van der Waals surface area contributed by atoms with Gasteiger partial charge in [0.1, 0.15) is 6.04 Å². The average molecular weight is 380 g/mol. The van der Waals surface area contributed by atoms with E-state index >= 15 is 0 Å². The fraction of sp³-hybridized carbons (Fsp3) is 0.524. The number of benzene rings is 1. The predicted molar refractivity (Wildman–Crippen MR) is 101 cm³/mol. The summed E-state index contributed by atoms with van der Waals surface area (Å²) < 4.78 is 0. The molecule has 0 radical (unpaired) electrons. The second-order valence-corrected chi connectivity index (χ2v) is 7.79. The van der Waals surface area contributed by atoms with Gasteiger partial charge < -0.3 is 10.2 Å². The normalized spacial score (nSPS) is 27.0. The number of likely N-dealkylation sites (tertiary alicyclic amines) is 1. The summed E-state index contributed by atoms with van der Waals surface area (Å²) in [5.74, 6) is -0.404. The van der Waals surface area contributed by atoms with Gasteiger partial charge in [-0.25, -0.2) is 0 Å². The van der Waals surface area contributed by atoms with Crippen molar-refractivity contribution < 1.29 is 14.4 Å². The Morgan fingerprint density at radius 2 is 1.71 bits per heavy atom. The molecule has 0 aromatic heterocycles. The van der Waals surface area contributed by atoms with Crippen molar-refractivity contribution in [3.63, 3.8) is 0 Å². The molecular weight excluding hydrogens is 356 g/mol. The van der Waals surface area contributed by atoms with Crippen LogP contribution in [0.1, 0.15) is 59.2 Å². The molecule has 4 rings (SSSR count). The number of nitriles is 1. The van der Waals surface area contributed by atoms with E-state index < -0.39 is 0 Å². The molecule has 0 bridgehead atoms. The molecule has 2 fully saturated rings. The Morgan fingerprint density at radius 3 is 2.32 bits per heavy atom. The Hall–Kier alpha value is -2.72. The fourth-order valence-electron chi connectivity index (χ4n) is 4.61. The van der Waals surface area contributed by atoms with Crippen molar-refractivity contribution in [3.8, 4) is 6.07 Å². The molecule has 1 N–H and O–H groups in total. The number of carbonyl (C=O) groups is 3. The van der Waals surface area contributed by atoms with Crippen LogP contribution in [0.3, 0.4) is 0 Å². The van der Waals surface area contributed by atoms with Crippen molar-refractivity contribution in [2.24, 2.45) is 0 Å². The molecule has 2 heterocycles. The Bertz CT molecular complexity index is 803. The van der Waals surface area contributed by atoms with Crippen LogP contribution >= 0.6 is 0 Å². The lowest BCUT2D eigenvalue weighted by atomic mass is 9.90. The van der Waals surface area contributed by atoms with Crippen LogP contribution in [-0.4, -0.2) is 58.7 Å². The number of hydrogen-bond acceptors (Lipinski definition) is 5. The van der Waals surface area contributed by atoms with Crippen molar-refractivity contribution in [2.45, 2.75) is 56.7 Å². The van der Waals surface area contributed by atoms with Gasteiger partial charge in [-0.2, -0.15) is 5.26 Å². The third-order valence-corrected chi connectivity index (χ3v) is 6.15. The lowest BCUT2D eigenvalue weighted by Crippen LogP contribution is -2.47. The molecular formula is C21H24N4O3. The molecule has 3 amide bonds. The number of rotatable bonds is 4. The van der Waals surface area contributed by atoms with E-state index in [0.717, 1.165) is 38.5 Å². The molecule has 1 saturated heterocycles. The Labute approximate surface area is 164 Å². The van der Waals surface area contributed by atoms with Crippen LogP contribution in [0.4, 0.5) is 0 Å². The van der Waals surface area contributed by atoms with E-state index in [-0.39, 0.29) is 42.4 Å². The van der Waals surface area contributed by atoms with Crippen LogP contribution in [0.5, 0.6) is 0 Å². The Kier molecular flexibility index (Phi) is 5.14. The Balaban J connectivity index is 1.29. The molecule has 28 heavy (non-hydrogen) atoms. The minimum Gasteiger partial charge on any atom is -0.326 e. The molecule has 7 heteroatoms. The minimum absolute atomic E-state index is 0.0217. The smallest absolute Gasteiger partial charge is 0.261 e. The number of fused-ring (bicyclic) bond motifs is 1. The van der Waals surface area contributed by atoms with Gasteiger partial charge in [0.25, 0.3) is 11.8 Å². The average Bonchev–Trinajstić information content (AvgIpc) is 3.30. The van der Waals surface area contributed by atoms with E-state index in [1.165, 1.54) is 4.90 Å². The zero-order chi connectivity index (χ0) is 19.7. The lowest BCUT2D eigenvalue weighted by molar-refractivity contribution is -0.130.